The van der Waals surface area contributed by atoms with Crippen LogP contribution in [0.15, 0.2) is 42.5 Å². The number of aryl methyl sites for hydroxylation is 1. The van der Waals surface area contributed by atoms with E-state index in [1.54, 1.807) is 18.2 Å². The zero-order chi connectivity index (χ0) is 25.1. The van der Waals surface area contributed by atoms with Crippen molar-refractivity contribution in [2.75, 3.05) is 18.4 Å². The Labute approximate surface area is 202 Å². The Morgan fingerprint density at radius 1 is 0.943 bits per heavy atom. The fourth-order valence-corrected chi connectivity index (χ4v) is 4.64. The lowest BCUT2D eigenvalue weighted by Crippen LogP contribution is -2.56. The quantitative estimate of drug-likeness (QED) is 0.619. The Morgan fingerprint density at radius 2 is 1.60 bits per heavy atom. The molecule has 1 saturated carbocycles. The van der Waals surface area contributed by atoms with Crippen molar-refractivity contribution in [2.45, 2.75) is 50.9 Å². The molecule has 2 aliphatic rings. The smallest absolute Gasteiger partial charge is 0.323 e. The van der Waals surface area contributed by atoms with Crippen molar-refractivity contribution in [1.29, 1.82) is 0 Å². The first-order valence-electron chi connectivity index (χ1n) is 11.7. The predicted molar refractivity (Wildman–Crippen MR) is 126 cm³/mol. The van der Waals surface area contributed by atoms with Crippen LogP contribution in [0.4, 0.5) is 19.3 Å². The lowest BCUT2D eigenvalue weighted by molar-refractivity contribution is -0.128. The molecule has 1 aliphatic heterocycles. The molecule has 2 aromatic carbocycles. The summed E-state index contributed by atoms with van der Waals surface area (Å²) in [6.45, 7) is 2.00. The lowest BCUT2D eigenvalue weighted by Gasteiger charge is -2.32. The van der Waals surface area contributed by atoms with E-state index in [9.17, 15) is 23.2 Å². The van der Waals surface area contributed by atoms with Gasteiger partial charge in [-0.05, 0) is 62.4 Å². The second-order valence-electron chi connectivity index (χ2n) is 9.14. The Balaban J connectivity index is 1.58. The number of nitrogens with zero attached hydrogens (tertiary/aromatic N) is 2. The van der Waals surface area contributed by atoms with E-state index in [1.165, 1.54) is 9.80 Å². The highest BCUT2D eigenvalue weighted by atomic mass is 19.1. The van der Waals surface area contributed by atoms with E-state index in [4.69, 9.17) is 5.73 Å². The third-order valence-electron chi connectivity index (χ3n) is 6.43. The van der Waals surface area contributed by atoms with Gasteiger partial charge in [0, 0.05) is 42.5 Å². The SMILES string of the molecule is Cc1cccc(NC(=O)N2CCN(C(=O)c3cc(F)cc(F)c3)C2C(=O)NC2CCC(N)CC2)c1. The lowest BCUT2D eigenvalue weighted by atomic mass is 9.92. The van der Waals surface area contributed by atoms with Crippen LogP contribution >= 0.6 is 0 Å². The highest BCUT2D eigenvalue weighted by Crippen LogP contribution is 2.23. The van der Waals surface area contributed by atoms with E-state index in [2.05, 4.69) is 10.6 Å². The minimum atomic E-state index is -1.27. The van der Waals surface area contributed by atoms with Crippen LogP contribution in [0, 0.1) is 18.6 Å². The van der Waals surface area contributed by atoms with Crippen LogP contribution < -0.4 is 16.4 Å². The first kappa shape index (κ1) is 24.6. The van der Waals surface area contributed by atoms with Crippen molar-refractivity contribution in [3.05, 3.63) is 65.2 Å². The molecule has 186 valence electrons. The maximum Gasteiger partial charge on any atom is 0.323 e. The first-order valence-corrected chi connectivity index (χ1v) is 11.7. The Bertz CT molecular complexity index is 1100. The van der Waals surface area contributed by atoms with Gasteiger partial charge in [-0.3, -0.25) is 14.5 Å². The average Bonchev–Trinajstić information content (AvgIpc) is 3.25. The van der Waals surface area contributed by atoms with Gasteiger partial charge in [-0.15, -0.1) is 0 Å². The molecule has 8 nitrogen and oxygen atoms in total. The van der Waals surface area contributed by atoms with Crippen molar-refractivity contribution in [3.63, 3.8) is 0 Å². The third-order valence-corrected chi connectivity index (χ3v) is 6.43. The third kappa shape index (κ3) is 5.76. The molecule has 1 saturated heterocycles. The predicted octanol–water partition coefficient (Wildman–Crippen LogP) is 2.98. The van der Waals surface area contributed by atoms with Gasteiger partial charge in [-0.25, -0.2) is 13.6 Å². The Kier molecular flexibility index (Phi) is 7.30. The molecule has 0 aromatic heterocycles. The van der Waals surface area contributed by atoms with Crippen LogP contribution in [-0.4, -0.2) is 59.0 Å². The first-order chi connectivity index (χ1) is 16.7. The summed E-state index contributed by atoms with van der Waals surface area (Å²) in [4.78, 5) is 42.2. The molecule has 0 spiro atoms. The molecule has 0 bridgehead atoms. The van der Waals surface area contributed by atoms with Gasteiger partial charge in [0.15, 0.2) is 6.17 Å². The molecule has 35 heavy (non-hydrogen) atoms. The monoisotopic (exact) mass is 485 g/mol. The highest BCUT2D eigenvalue weighted by molar-refractivity contribution is 6.00. The van der Waals surface area contributed by atoms with Crippen molar-refractivity contribution >= 4 is 23.5 Å². The van der Waals surface area contributed by atoms with Gasteiger partial charge in [0.05, 0.1) is 0 Å². The molecule has 2 fully saturated rings. The molecule has 4 amide bonds. The molecule has 2 aromatic rings. The van der Waals surface area contributed by atoms with Gasteiger partial charge in [0.2, 0.25) is 0 Å². The number of nitrogens with two attached hydrogens (primary N) is 1. The molecular formula is C25H29F2N5O3. The Morgan fingerprint density at radius 3 is 2.26 bits per heavy atom. The van der Waals surface area contributed by atoms with Gasteiger partial charge in [0.25, 0.3) is 11.8 Å². The van der Waals surface area contributed by atoms with Crippen LogP contribution in [0.2, 0.25) is 0 Å². The number of halogens is 2. The van der Waals surface area contributed by atoms with Crippen LogP contribution in [0.25, 0.3) is 0 Å². The second kappa shape index (κ2) is 10.4. The van der Waals surface area contributed by atoms with Crippen LogP contribution in [0.3, 0.4) is 0 Å². The fourth-order valence-electron chi connectivity index (χ4n) is 4.64. The van der Waals surface area contributed by atoms with Crippen molar-refractivity contribution in [2.24, 2.45) is 5.73 Å². The van der Waals surface area contributed by atoms with E-state index >= 15 is 0 Å². The largest absolute Gasteiger partial charge is 0.350 e. The Hall–Kier alpha value is -3.53. The maximum absolute atomic E-state index is 13.8. The molecular weight excluding hydrogens is 456 g/mol. The number of carbonyl (C=O) groups is 3. The number of benzene rings is 2. The summed E-state index contributed by atoms with van der Waals surface area (Å²) in [6, 6.07) is 9.09. The molecule has 10 heteroatoms. The molecule has 1 atom stereocenters. The number of urea groups is 1. The van der Waals surface area contributed by atoms with Crippen molar-refractivity contribution < 1.29 is 23.2 Å². The van der Waals surface area contributed by atoms with Gasteiger partial charge >= 0.3 is 6.03 Å². The number of amides is 4. The van der Waals surface area contributed by atoms with E-state index in [0.717, 1.165) is 30.5 Å². The molecule has 4 rings (SSSR count). The normalized spacial score (nSPS) is 22.1. The molecule has 1 aliphatic carbocycles. The number of anilines is 1. The summed E-state index contributed by atoms with van der Waals surface area (Å²) >= 11 is 0. The number of carbonyl (C=O) groups excluding carboxylic acids is 3. The summed E-state index contributed by atoms with van der Waals surface area (Å²) in [5, 5.41) is 5.71. The molecule has 0 radical (unpaired) electrons. The number of nitrogens with one attached hydrogen (secondary N) is 2. The molecule has 1 unspecified atom stereocenters. The fraction of sp³-hybridized carbons (Fsp3) is 0.400. The average molecular weight is 486 g/mol. The van der Waals surface area contributed by atoms with Crippen molar-refractivity contribution in [1.82, 2.24) is 15.1 Å². The van der Waals surface area contributed by atoms with Gasteiger partial charge in [-0.2, -0.15) is 0 Å². The van der Waals surface area contributed by atoms with E-state index in [-0.39, 0.29) is 30.7 Å². The number of rotatable bonds is 4. The highest BCUT2D eigenvalue weighted by Gasteiger charge is 2.43. The minimum absolute atomic E-state index is 0.0336. The topological polar surface area (TPSA) is 108 Å². The summed E-state index contributed by atoms with van der Waals surface area (Å²) in [7, 11) is 0. The minimum Gasteiger partial charge on any atom is -0.350 e. The van der Waals surface area contributed by atoms with Crippen LogP contribution in [0.5, 0.6) is 0 Å². The van der Waals surface area contributed by atoms with Crippen LogP contribution in [-0.2, 0) is 4.79 Å². The number of hydrogen-bond donors (Lipinski definition) is 3. The van der Waals surface area contributed by atoms with E-state index in [0.29, 0.717) is 24.6 Å². The number of hydrogen-bond acceptors (Lipinski definition) is 4. The van der Waals surface area contributed by atoms with Crippen molar-refractivity contribution in [3.8, 4) is 0 Å². The standard InChI is InChI=1S/C25H29F2N5O3/c1-15-3-2-4-21(11-15)30-25(35)32-10-9-31(24(34)16-12-17(26)14-18(27)13-16)23(32)22(33)29-20-7-5-19(28)6-8-20/h2-4,11-14,19-20,23H,5-10,28H2,1H3,(H,29,33)(H,30,35). The van der Waals surface area contributed by atoms with Gasteiger partial charge in [0.1, 0.15) is 11.6 Å². The second-order valence-corrected chi connectivity index (χ2v) is 9.14. The zero-order valence-electron chi connectivity index (χ0n) is 19.5. The van der Waals surface area contributed by atoms with Crippen LogP contribution in [0.1, 0.15) is 41.6 Å². The molecule has 1 heterocycles. The summed E-state index contributed by atoms with van der Waals surface area (Å²) in [5.41, 5.74) is 7.22. The van der Waals surface area contributed by atoms with E-state index < -0.39 is 35.6 Å². The van der Waals surface area contributed by atoms with Gasteiger partial charge < -0.3 is 21.3 Å². The summed E-state index contributed by atoms with van der Waals surface area (Å²) in [5.74, 6) is -3.06. The summed E-state index contributed by atoms with van der Waals surface area (Å²) in [6.07, 6.45) is 1.64. The molecule has 4 N–H and O–H groups in total. The summed E-state index contributed by atoms with van der Waals surface area (Å²) < 4.78 is 27.6. The van der Waals surface area contributed by atoms with Gasteiger partial charge in [-0.1, -0.05) is 12.1 Å². The zero-order valence-corrected chi connectivity index (χ0v) is 19.5. The van der Waals surface area contributed by atoms with E-state index in [1.807, 2.05) is 13.0 Å². The maximum atomic E-state index is 13.8.